The van der Waals surface area contributed by atoms with E-state index >= 15 is 0 Å². The van der Waals surface area contributed by atoms with Crippen molar-refractivity contribution in [1.82, 2.24) is 5.32 Å². The first-order valence-corrected chi connectivity index (χ1v) is 7.07. The Balaban J connectivity index is 1.60. The SMILES string of the molecule is COc1cccc(CCNC(=O)c2cccc3c2OCO3)c1. The largest absolute Gasteiger partial charge is 0.497 e. The second kappa shape index (κ2) is 6.39. The van der Waals surface area contributed by atoms with Crippen LogP contribution in [0.4, 0.5) is 0 Å². The van der Waals surface area contributed by atoms with E-state index in [-0.39, 0.29) is 12.7 Å². The van der Waals surface area contributed by atoms with E-state index in [2.05, 4.69) is 5.32 Å². The van der Waals surface area contributed by atoms with Crippen molar-refractivity contribution in [3.8, 4) is 17.2 Å². The van der Waals surface area contributed by atoms with Gasteiger partial charge in [0.15, 0.2) is 11.5 Å². The number of carbonyl (C=O) groups is 1. The predicted molar refractivity (Wildman–Crippen MR) is 81.6 cm³/mol. The first-order valence-electron chi connectivity index (χ1n) is 7.07. The first-order chi connectivity index (χ1) is 10.8. The number of nitrogens with one attached hydrogen (secondary N) is 1. The smallest absolute Gasteiger partial charge is 0.255 e. The van der Waals surface area contributed by atoms with Gasteiger partial charge in [0.1, 0.15) is 5.75 Å². The highest BCUT2D eigenvalue weighted by molar-refractivity contribution is 5.97. The average molecular weight is 299 g/mol. The number of fused-ring (bicyclic) bond motifs is 1. The van der Waals surface area contributed by atoms with Gasteiger partial charge in [-0.05, 0) is 36.2 Å². The molecule has 1 amide bonds. The van der Waals surface area contributed by atoms with Crippen molar-refractivity contribution >= 4 is 5.91 Å². The lowest BCUT2D eigenvalue weighted by molar-refractivity contribution is 0.0949. The number of benzene rings is 2. The molecule has 0 saturated heterocycles. The van der Waals surface area contributed by atoms with Crippen molar-refractivity contribution in [2.75, 3.05) is 20.4 Å². The van der Waals surface area contributed by atoms with Crippen molar-refractivity contribution in [1.29, 1.82) is 0 Å². The molecule has 0 saturated carbocycles. The summed E-state index contributed by atoms with van der Waals surface area (Å²) in [5.41, 5.74) is 1.61. The molecule has 1 aliphatic heterocycles. The summed E-state index contributed by atoms with van der Waals surface area (Å²) < 4.78 is 15.8. The van der Waals surface area contributed by atoms with E-state index < -0.39 is 0 Å². The van der Waals surface area contributed by atoms with Crippen molar-refractivity contribution < 1.29 is 19.0 Å². The lowest BCUT2D eigenvalue weighted by Gasteiger charge is -2.08. The van der Waals surface area contributed by atoms with Crippen molar-refractivity contribution in [2.24, 2.45) is 0 Å². The third kappa shape index (κ3) is 2.98. The van der Waals surface area contributed by atoms with E-state index in [0.29, 0.717) is 23.6 Å². The molecule has 0 bridgehead atoms. The minimum absolute atomic E-state index is 0.156. The Morgan fingerprint density at radius 3 is 2.95 bits per heavy atom. The maximum absolute atomic E-state index is 12.2. The lowest BCUT2D eigenvalue weighted by Crippen LogP contribution is -2.26. The van der Waals surface area contributed by atoms with Crippen LogP contribution in [0.15, 0.2) is 42.5 Å². The highest BCUT2D eigenvalue weighted by atomic mass is 16.7. The molecule has 2 aromatic carbocycles. The van der Waals surface area contributed by atoms with Crippen molar-refractivity contribution in [3.63, 3.8) is 0 Å². The highest BCUT2D eigenvalue weighted by Crippen LogP contribution is 2.35. The Morgan fingerprint density at radius 1 is 1.23 bits per heavy atom. The van der Waals surface area contributed by atoms with Gasteiger partial charge in [-0.15, -0.1) is 0 Å². The Labute approximate surface area is 128 Å². The number of carbonyl (C=O) groups excluding carboxylic acids is 1. The first kappa shape index (κ1) is 14.3. The quantitative estimate of drug-likeness (QED) is 0.921. The number of ether oxygens (including phenoxy) is 3. The molecule has 2 aromatic rings. The molecule has 0 radical (unpaired) electrons. The lowest BCUT2D eigenvalue weighted by atomic mass is 10.1. The summed E-state index contributed by atoms with van der Waals surface area (Å²) in [6.45, 7) is 0.694. The minimum atomic E-state index is -0.162. The zero-order chi connectivity index (χ0) is 15.4. The van der Waals surface area contributed by atoms with Gasteiger partial charge in [0.25, 0.3) is 5.91 Å². The number of amides is 1. The van der Waals surface area contributed by atoms with Crippen LogP contribution in [0.5, 0.6) is 17.2 Å². The standard InChI is InChI=1S/C17H17NO4/c1-20-13-5-2-4-12(10-13)8-9-18-17(19)14-6-3-7-15-16(14)22-11-21-15/h2-7,10H,8-9,11H2,1H3,(H,18,19). The van der Waals surface area contributed by atoms with E-state index in [0.717, 1.165) is 17.7 Å². The van der Waals surface area contributed by atoms with Gasteiger partial charge in [-0.1, -0.05) is 18.2 Å². The number of hydrogen-bond acceptors (Lipinski definition) is 4. The van der Waals surface area contributed by atoms with Gasteiger partial charge in [0.2, 0.25) is 6.79 Å². The summed E-state index contributed by atoms with van der Waals surface area (Å²) in [4.78, 5) is 12.2. The molecule has 0 unspecified atom stereocenters. The third-order valence-electron chi connectivity index (χ3n) is 3.47. The van der Waals surface area contributed by atoms with Crippen LogP contribution in [-0.2, 0) is 6.42 Å². The van der Waals surface area contributed by atoms with Gasteiger partial charge < -0.3 is 19.5 Å². The van der Waals surface area contributed by atoms with Crippen LogP contribution in [0.25, 0.3) is 0 Å². The van der Waals surface area contributed by atoms with Crippen LogP contribution in [0.1, 0.15) is 15.9 Å². The molecule has 0 aliphatic carbocycles. The van der Waals surface area contributed by atoms with Gasteiger partial charge >= 0.3 is 0 Å². The predicted octanol–water partition coefficient (Wildman–Crippen LogP) is 2.40. The van der Waals surface area contributed by atoms with E-state index in [1.54, 1.807) is 25.3 Å². The molecule has 0 atom stereocenters. The normalized spacial score (nSPS) is 12.0. The summed E-state index contributed by atoms with van der Waals surface area (Å²) in [6.07, 6.45) is 0.731. The van der Waals surface area contributed by atoms with Crippen LogP contribution in [-0.4, -0.2) is 26.4 Å². The summed E-state index contributed by atoms with van der Waals surface area (Å²) >= 11 is 0. The maximum atomic E-state index is 12.2. The fourth-order valence-electron chi connectivity index (χ4n) is 2.35. The number of rotatable bonds is 5. The third-order valence-corrected chi connectivity index (χ3v) is 3.47. The summed E-state index contributed by atoms with van der Waals surface area (Å²) in [5, 5.41) is 2.90. The highest BCUT2D eigenvalue weighted by Gasteiger charge is 2.21. The summed E-state index contributed by atoms with van der Waals surface area (Å²) in [5.74, 6) is 1.78. The Morgan fingerprint density at radius 2 is 2.09 bits per heavy atom. The molecule has 5 heteroatoms. The fraction of sp³-hybridized carbons (Fsp3) is 0.235. The van der Waals surface area contributed by atoms with Gasteiger partial charge in [-0.3, -0.25) is 4.79 Å². The minimum Gasteiger partial charge on any atom is -0.497 e. The summed E-state index contributed by atoms with van der Waals surface area (Å²) in [6, 6.07) is 13.1. The van der Waals surface area contributed by atoms with Crippen molar-refractivity contribution in [3.05, 3.63) is 53.6 Å². The Hall–Kier alpha value is -2.69. The molecule has 1 heterocycles. The molecular formula is C17H17NO4. The van der Waals surface area contributed by atoms with Crippen LogP contribution in [0.3, 0.4) is 0 Å². The van der Waals surface area contributed by atoms with E-state index in [4.69, 9.17) is 14.2 Å². The molecular weight excluding hydrogens is 282 g/mol. The Kier molecular flexibility index (Phi) is 4.14. The number of hydrogen-bond donors (Lipinski definition) is 1. The van der Waals surface area contributed by atoms with Gasteiger partial charge in [0, 0.05) is 6.54 Å². The summed E-state index contributed by atoms with van der Waals surface area (Å²) in [7, 11) is 1.64. The second-order valence-electron chi connectivity index (χ2n) is 4.90. The van der Waals surface area contributed by atoms with Gasteiger partial charge in [0.05, 0.1) is 12.7 Å². The fourth-order valence-corrected chi connectivity index (χ4v) is 2.35. The van der Waals surface area contributed by atoms with E-state index in [1.165, 1.54) is 0 Å². The molecule has 5 nitrogen and oxygen atoms in total. The van der Waals surface area contributed by atoms with Crippen LogP contribution in [0, 0.1) is 0 Å². The van der Waals surface area contributed by atoms with E-state index in [9.17, 15) is 4.79 Å². The maximum Gasteiger partial charge on any atom is 0.255 e. The van der Waals surface area contributed by atoms with Crippen molar-refractivity contribution in [2.45, 2.75) is 6.42 Å². The topological polar surface area (TPSA) is 56.8 Å². The van der Waals surface area contributed by atoms with Gasteiger partial charge in [-0.25, -0.2) is 0 Å². The molecule has 0 spiro atoms. The number of methoxy groups -OCH3 is 1. The Bertz CT molecular complexity index is 684. The molecule has 22 heavy (non-hydrogen) atoms. The molecule has 114 valence electrons. The molecule has 1 N–H and O–H groups in total. The monoisotopic (exact) mass is 299 g/mol. The molecule has 3 rings (SSSR count). The molecule has 0 aromatic heterocycles. The number of para-hydroxylation sites is 1. The average Bonchev–Trinajstić information content (AvgIpc) is 3.03. The second-order valence-corrected chi connectivity index (χ2v) is 4.90. The van der Waals surface area contributed by atoms with Crippen LogP contribution in [0.2, 0.25) is 0 Å². The zero-order valence-corrected chi connectivity index (χ0v) is 12.3. The zero-order valence-electron chi connectivity index (χ0n) is 12.3. The molecule has 0 fully saturated rings. The van der Waals surface area contributed by atoms with Gasteiger partial charge in [-0.2, -0.15) is 0 Å². The molecule has 1 aliphatic rings. The van der Waals surface area contributed by atoms with E-state index in [1.807, 2.05) is 24.3 Å². The van der Waals surface area contributed by atoms with Crippen LogP contribution >= 0.6 is 0 Å². The van der Waals surface area contributed by atoms with Crippen LogP contribution < -0.4 is 19.5 Å².